The van der Waals surface area contributed by atoms with E-state index in [0.29, 0.717) is 17.6 Å². The summed E-state index contributed by atoms with van der Waals surface area (Å²) in [4.78, 5) is 15.1. The van der Waals surface area contributed by atoms with E-state index < -0.39 is 0 Å². The summed E-state index contributed by atoms with van der Waals surface area (Å²) in [6.07, 6.45) is 6.39. The SMILES string of the molecule is CN1[C@@H]2CC[C@H]1CC(OC(=O)c1cn(C)c3ccccc13)C2. The van der Waals surface area contributed by atoms with E-state index in [0.717, 1.165) is 23.7 Å². The average molecular weight is 298 g/mol. The summed E-state index contributed by atoms with van der Waals surface area (Å²) in [7, 11) is 4.17. The number of rotatable bonds is 2. The number of aryl methyl sites for hydroxylation is 1. The molecular formula is C18H22N2O2. The van der Waals surface area contributed by atoms with Gasteiger partial charge in [0.25, 0.3) is 0 Å². The molecule has 3 heterocycles. The fourth-order valence-electron chi connectivity index (χ4n) is 4.18. The quantitative estimate of drug-likeness (QED) is 0.800. The Labute approximate surface area is 130 Å². The number of benzene rings is 1. The third kappa shape index (κ3) is 2.13. The molecule has 116 valence electrons. The summed E-state index contributed by atoms with van der Waals surface area (Å²) >= 11 is 0. The first-order valence-electron chi connectivity index (χ1n) is 8.10. The number of para-hydroxylation sites is 1. The van der Waals surface area contributed by atoms with Crippen molar-refractivity contribution in [2.45, 2.75) is 43.9 Å². The molecule has 1 aromatic carbocycles. The zero-order valence-electron chi connectivity index (χ0n) is 13.2. The summed E-state index contributed by atoms with van der Waals surface area (Å²) in [5.41, 5.74) is 1.75. The number of esters is 1. The molecule has 0 amide bonds. The molecule has 0 radical (unpaired) electrons. The minimum absolute atomic E-state index is 0.0696. The lowest BCUT2D eigenvalue weighted by Gasteiger charge is -2.35. The van der Waals surface area contributed by atoms with E-state index in [1.54, 1.807) is 0 Å². The highest BCUT2D eigenvalue weighted by molar-refractivity contribution is 6.04. The van der Waals surface area contributed by atoms with Crippen LogP contribution in [-0.2, 0) is 11.8 Å². The summed E-state index contributed by atoms with van der Waals surface area (Å²) in [5.74, 6) is -0.175. The second-order valence-electron chi connectivity index (χ2n) is 6.72. The molecule has 4 nitrogen and oxygen atoms in total. The minimum Gasteiger partial charge on any atom is -0.459 e. The lowest BCUT2D eigenvalue weighted by atomic mass is 10.0. The Morgan fingerprint density at radius 2 is 1.82 bits per heavy atom. The number of hydrogen-bond donors (Lipinski definition) is 0. The third-order valence-electron chi connectivity index (χ3n) is 5.45. The van der Waals surface area contributed by atoms with Gasteiger partial charge in [0.05, 0.1) is 5.56 Å². The first kappa shape index (κ1) is 13.8. The van der Waals surface area contributed by atoms with Gasteiger partial charge in [-0.2, -0.15) is 0 Å². The van der Waals surface area contributed by atoms with Crippen LogP contribution in [0.5, 0.6) is 0 Å². The Morgan fingerprint density at radius 1 is 1.14 bits per heavy atom. The number of ether oxygens (including phenoxy) is 1. The molecule has 2 aromatic rings. The van der Waals surface area contributed by atoms with Crippen LogP contribution in [-0.4, -0.2) is 40.7 Å². The van der Waals surface area contributed by atoms with E-state index in [1.807, 2.05) is 42.1 Å². The maximum atomic E-state index is 12.6. The van der Waals surface area contributed by atoms with Crippen molar-refractivity contribution in [1.29, 1.82) is 0 Å². The molecule has 2 aliphatic heterocycles. The lowest BCUT2D eigenvalue weighted by molar-refractivity contribution is -0.000279. The Hall–Kier alpha value is -1.81. The molecule has 0 aliphatic carbocycles. The smallest absolute Gasteiger partial charge is 0.340 e. The van der Waals surface area contributed by atoms with Gasteiger partial charge in [0.15, 0.2) is 0 Å². The fourth-order valence-corrected chi connectivity index (χ4v) is 4.18. The second kappa shape index (κ2) is 5.13. The van der Waals surface area contributed by atoms with Crippen LogP contribution in [0.1, 0.15) is 36.0 Å². The van der Waals surface area contributed by atoms with E-state index in [4.69, 9.17) is 4.74 Å². The summed E-state index contributed by atoms with van der Waals surface area (Å²) in [6, 6.07) is 9.15. The Bertz CT molecular complexity index is 707. The van der Waals surface area contributed by atoms with Gasteiger partial charge in [0.2, 0.25) is 0 Å². The van der Waals surface area contributed by atoms with Crippen LogP contribution in [0.25, 0.3) is 10.9 Å². The Balaban J connectivity index is 1.55. The van der Waals surface area contributed by atoms with E-state index in [9.17, 15) is 4.79 Å². The van der Waals surface area contributed by atoms with Crippen molar-refractivity contribution >= 4 is 16.9 Å². The van der Waals surface area contributed by atoms with Crippen molar-refractivity contribution in [2.75, 3.05) is 7.05 Å². The first-order valence-corrected chi connectivity index (χ1v) is 8.10. The van der Waals surface area contributed by atoms with Gasteiger partial charge in [0.1, 0.15) is 6.10 Å². The molecule has 22 heavy (non-hydrogen) atoms. The van der Waals surface area contributed by atoms with Crippen LogP contribution < -0.4 is 0 Å². The molecule has 2 aliphatic rings. The van der Waals surface area contributed by atoms with Crippen LogP contribution in [0.2, 0.25) is 0 Å². The standard InChI is InChI=1S/C18H22N2O2/c1-19-11-16(15-5-3-4-6-17(15)19)18(21)22-14-9-12-7-8-13(10-14)20(12)2/h3-6,11-14H,7-10H2,1-2H3/t12-,13+,14?. The minimum atomic E-state index is -0.175. The van der Waals surface area contributed by atoms with Crippen molar-refractivity contribution in [1.82, 2.24) is 9.47 Å². The fraction of sp³-hybridized carbons (Fsp3) is 0.500. The maximum absolute atomic E-state index is 12.6. The van der Waals surface area contributed by atoms with E-state index in [-0.39, 0.29) is 12.1 Å². The molecule has 2 fully saturated rings. The highest BCUT2D eigenvalue weighted by atomic mass is 16.5. The van der Waals surface area contributed by atoms with Gasteiger partial charge < -0.3 is 14.2 Å². The van der Waals surface area contributed by atoms with Gasteiger partial charge in [-0.1, -0.05) is 18.2 Å². The molecule has 2 saturated heterocycles. The second-order valence-corrected chi connectivity index (χ2v) is 6.72. The van der Waals surface area contributed by atoms with Crippen molar-refractivity contribution in [3.05, 3.63) is 36.0 Å². The zero-order valence-corrected chi connectivity index (χ0v) is 13.2. The molecule has 2 bridgehead atoms. The molecular weight excluding hydrogens is 276 g/mol. The molecule has 4 heteroatoms. The highest BCUT2D eigenvalue weighted by Crippen LogP contribution is 2.36. The third-order valence-corrected chi connectivity index (χ3v) is 5.45. The Morgan fingerprint density at radius 3 is 2.55 bits per heavy atom. The van der Waals surface area contributed by atoms with E-state index in [2.05, 4.69) is 11.9 Å². The molecule has 3 atom stereocenters. The van der Waals surface area contributed by atoms with Gasteiger partial charge in [-0.25, -0.2) is 4.79 Å². The van der Waals surface area contributed by atoms with Gasteiger partial charge in [-0.05, 0) is 26.0 Å². The number of aromatic nitrogens is 1. The first-order chi connectivity index (χ1) is 10.6. The van der Waals surface area contributed by atoms with Crippen LogP contribution in [0.15, 0.2) is 30.5 Å². The molecule has 0 N–H and O–H groups in total. The van der Waals surface area contributed by atoms with Crippen molar-refractivity contribution in [2.24, 2.45) is 7.05 Å². The summed E-state index contributed by atoms with van der Waals surface area (Å²) in [5, 5.41) is 0.978. The molecule has 4 rings (SSSR count). The maximum Gasteiger partial charge on any atom is 0.340 e. The van der Waals surface area contributed by atoms with Crippen molar-refractivity contribution in [3.8, 4) is 0 Å². The largest absolute Gasteiger partial charge is 0.459 e. The number of nitrogens with zero attached hydrogens (tertiary/aromatic N) is 2. The number of hydrogen-bond acceptors (Lipinski definition) is 3. The number of carbonyl (C=O) groups excluding carboxylic acids is 1. The van der Waals surface area contributed by atoms with Crippen LogP contribution in [0, 0.1) is 0 Å². The van der Waals surface area contributed by atoms with Crippen LogP contribution in [0.3, 0.4) is 0 Å². The predicted octanol–water partition coefficient (Wildman–Crippen LogP) is 2.96. The van der Waals surface area contributed by atoms with Gasteiger partial charge >= 0.3 is 5.97 Å². The topological polar surface area (TPSA) is 34.5 Å². The van der Waals surface area contributed by atoms with Gasteiger partial charge in [0, 0.05) is 49.1 Å². The normalized spacial score (nSPS) is 28.2. The van der Waals surface area contributed by atoms with Gasteiger partial charge in [-0.3, -0.25) is 0 Å². The number of piperidine rings is 1. The molecule has 0 saturated carbocycles. The van der Waals surface area contributed by atoms with E-state index in [1.165, 1.54) is 12.8 Å². The Kier molecular flexibility index (Phi) is 3.22. The van der Waals surface area contributed by atoms with Crippen LogP contribution in [0.4, 0.5) is 0 Å². The summed E-state index contributed by atoms with van der Waals surface area (Å²) < 4.78 is 7.84. The highest BCUT2D eigenvalue weighted by Gasteiger charge is 2.40. The monoisotopic (exact) mass is 298 g/mol. The number of fused-ring (bicyclic) bond motifs is 3. The molecule has 0 spiro atoms. The van der Waals surface area contributed by atoms with Crippen LogP contribution >= 0.6 is 0 Å². The number of carbonyl (C=O) groups is 1. The average Bonchev–Trinajstić information content (AvgIpc) is 2.93. The lowest BCUT2D eigenvalue weighted by Crippen LogP contribution is -2.43. The summed E-state index contributed by atoms with van der Waals surface area (Å²) in [6.45, 7) is 0. The van der Waals surface area contributed by atoms with Crippen molar-refractivity contribution in [3.63, 3.8) is 0 Å². The van der Waals surface area contributed by atoms with Crippen molar-refractivity contribution < 1.29 is 9.53 Å². The molecule has 1 unspecified atom stereocenters. The predicted molar refractivity (Wildman–Crippen MR) is 85.9 cm³/mol. The van der Waals surface area contributed by atoms with E-state index >= 15 is 0 Å². The molecule has 1 aromatic heterocycles. The zero-order chi connectivity index (χ0) is 15.3. The van der Waals surface area contributed by atoms with Gasteiger partial charge in [-0.15, -0.1) is 0 Å².